The largest absolute Gasteiger partial charge is 0.481 e. The lowest BCUT2D eigenvalue weighted by atomic mass is 9.91. The molecule has 1 aliphatic rings. The number of hydrogen-bond donors (Lipinski definition) is 3. The zero-order valence-electron chi connectivity index (χ0n) is 12.9. The molecule has 1 aromatic rings. The molecule has 1 aromatic heterocycles. The van der Waals surface area contributed by atoms with Crippen LogP contribution in [0.4, 0.5) is 4.79 Å². The van der Waals surface area contributed by atoms with Crippen LogP contribution in [0.25, 0.3) is 0 Å². The zero-order valence-corrected chi connectivity index (χ0v) is 12.9. The number of hydrogen-bond acceptors (Lipinski definition) is 4. The first kappa shape index (κ1) is 16.9. The average Bonchev–Trinajstić information content (AvgIpc) is 3.04. The van der Waals surface area contributed by atoms with E-state index in [1.165, 1.54) is 11.2 Å². The highest BCUT2D eigenvalue weighted by molar-refractivity contribution is 5.91. The number of urea groups is 1. The molecule has 2 rings (SSSR count). The van der Waals surface area contributed by atoms with Gasteiger partial charge in [0.1, 0.15) is 0 Å². The second kappa shape index (κ2) is 7.66. The van der Waals surface area contributed by atoms with Gasteiger partial charge in [0.25, 0.3) is 5.91 Å². The third-order valence-corrected chi connectivity index (χ3v) is 3.73. The lowest BCUT2D eigenvalue weighted by Gasteiger charge is -2.34. The van der Waals surface area contributed by atoms with E-state index in [-0.39, 0.29) is 43.3 Å². The minimum Gasteiger partial charge on any atom is -0.481 e. The maximum Gasteiger partial charge on any atom is 0.317 e. The normalized spacial score (nSPS) is 20.8. The summed E-state index contributed by atoms with van der Waals surface area (Å²) in [6, 6.07) is 2.86. The van der Waals surface area contributed by atoms with Crippen LogP contribution < -0.4 is 10.6 Å². The van der Waals surface area contributed by atoms with Crippen molar-refractivity contribution in [1.82, 2.24) is 15.5 Å². The Balaban J connectivity index is 1.72. The van der Waals surface area contributed by atoms with Crippen molar-refractivity contribution < 1.29 is 23.9 Å². The standard InChI is InChI=1S/C15H21N3O5/c1-10-7-11(14(20)21)9-18(8-10)15(22)17-5-4-16-13(19)12-3-2-6-23-12/h2-3,6,10-11H,4-5,7-9H2,1H3,(H,16,19)(H,17,22)(H,20,21). The molecule has 1 saturated heterocycles. The predicted octanol–water partition coefficient (Wildman–Crippen LogP) is 0.762. The molecule has 3 N–H and O–H groups in total. The molecular formula is C15H21N3O5. The van der Waals surface area contributed by atoms with Gasteiger partial charge in [-0.25, -0.2) is 4.79 Å². The summed E-state index contributed by atoms with van der Waals surface area (Å²) in [5.74, 6) is -1.38. The molecule has 0 saturated carbocycles. The Hall–Kier alpha value is -2.51. The molecule has 0 bridgehead atoms. The minimum absolute atomic E-state index is 0.147. The Labute approximate surface area is 133 Å². The summed E-state index contributed by atoms with van der Waals surface area (Å²) in [5, 5.41) is 14.4. The van der Waals surface area contributed by atoms with Crippen LogP contribution in [0.1, 0.15) is 23.9 Å². The molecule has 2 atom stereocenters. The summed E-state index contributed by atoms with van der Waals surface area (Å²) < 4.78 is 4.95. The molecule has 1 fully saturated rings. The van der Waals surface area contributed by atoms with Gasteiger partial charge in [-0.15, -0.1) is 0 Å². The SMILES string of the molecule is CC1CC(C(=O)O)CN(C(=O)NCCNC(=O)c2ccco2)C1. The molecule has 3 amide bonds. The lowest BCUT2D eigenvalue weighted by Crippen LogP contribution is -2.50. The molecule has 8 heteroatoms. The Morgan fingerprint density at radius 2 is 2.04 bits per heavy atom. The van der Waals surface area contributed by atoms with Gasteiger partial charge in [-0.2, -0.15) is 0 Å². The van der Waals surface area contributed by atoms with Crippen LogP contribution in [-0.2, 0) is 4.79 Å². The number of piperidine rings is 1. The highest BCUT2D eigenvalue weighted by Gasteiger charge is 2.31. The highest BCUT2D eigenvalue weighted by Crippen LogP contribution is 2.21. The van der Waals surface area contributed by atoms with E-state index in [9.17, 15) is 14.4 Å². The summed E-state index contributed by atoms with van der Waals surface area (Å²) >= 11 is 0. The van der Waals surface area contributed by atoms with Gasteiger partial charge in [0.2, 0.25) is 0 Å². The van der Waals surface area contributed by atoms with Crippen molar-refractivity contribution in [3.63, 3.8) is 0 Å². The fraction of sp³-hybridized carbons (Fsp3) is 0.533. The van der Waals surface area contributed by atoms with E-state index in [2.05, 4.69) is 10.6 Å². The molecule has 0 aromatic carbocycles. The van der Waals surface area contributed by atoms with Crippen molar-refractivity contribution in [2.24, 2.45) is 11.8 Å². The number of furan rings is 1. The topological polar surface area (TPSA) is 112 Å². The lowest BCUT2D eigenvalue weighted by molar-refractivity contribution is -0.143. The van der Waals surface area contributed by atoms with Crippen LogP contribution in [-0.4, -0.2) is 54.1 Å². The number of aliphatic carboxylic acids is 1. The van der Waals surface area contributed by atoms with E-state index in [1.54, 1.807) is 12.1 Å². The molecule has 8 nitrogen and oxygen atoms in total. The Morgan fingerprint density at radius 3 is 2.70 bits per heavy atom. The quantitative estimate of drug-likeness (QED) is 0.693. The fourth-order valence-corrected chi connectivity index (χ4v) is 2.65. The first-order chi connectivity index (χ1) is 11.0. The Bertz CT molecular complexity index is 557. The Morgan fingerprint density at radius 1 is 1.30 bits per heavy atom. The van der Waals surface area contributed by atoms with Gasteiger partial charge in [0.05, 0.1) is 12.2 Å². The Kier molecular flexibility index (Phi) is 5.61. The minimum atomic E-state index is -0.875. The first-order valence-corrected chi connectivity index (χ1v) is 7.54. The maximum atomic E-state index is 12.1. The van der Waals surface area contributed by atoms with Crippen LogP contribution in [0.15, 0.2) is 22.8 Å². The van der Waals surface area contributed by atoms with Crippen molar-refractivity contribution in [2.75, 3.05) is 26.2 Å². The third kappa shape index (κ3) is 4.73. The molecule has 0 aliphatic carbocycles. The second-order valence-corrected chi connectivity index (χ2v) is 5.75. The molecule has 2 unspecified atom stereocenters. The number of nitrogens with zero attached hydrogens (tertiary/aromatic N) is 1. The first-order valence-electron chi connectivity index (χ1n) is 7.54. The molecule has 1 aliphatic heterocycles. The van der Waals surface area contributed by atoms with E-state index in [0.29, 0.717) is 13.0 Å². The van der Waals surface area contributed by atoms with Crippen molar-refractivity contribution in [3.8, 4) is 0 Å². The van der Waals surface area contributed by atoms with E-state index in [0.717, 1.165) is 0 Å². The highest BCUT2D eigenvalue weighted by atomic mass is 16.4. The van der Waals surface area contributed by atoms with Gasteiger partial charge in [-0.05, 0) is 24.5 Å². The van der Waals surface area contributed by atoms with Crippen LogP contribution in [0.3, 0.4) is 0 Å². The van der Waals surface area contributed by atoms with Crippen molar-refractivity contribution in [1.29, 1.82) is 0 Å². The summed E-state index contributed by atoms with van der Waals surface area (Å²) in [6.45, 7) is 3.20. The summed E-state index contributed by atoms with van der Waals surface area (Å²) in [7, 11) is 0. The number of carbonyl (C=O) groups excluding carboxylic acids is 2. The molecule has 0 spiro atoms. The number of carbonyl (C=O) groups is 3. The van der Waals surface area contributed by atoms with Crippen molar-refractivity contribution in [3.05, 3.63) is 24.2 Å². The summed E-state index contributed by atoms with van der Waals surface area (Å²) in [6.07, 6.45) is 1.99. The number of amides is 3. The van der Waals surface area contributed by atoms with E-state index >= 15 is 0 Å². The van der Waals surface area contributed by atoms with Gasteiger partial charge in [-0.1, -0.05) is 6.92 Å². The molecule has 0 radical (unpaired) electrons. The number of nitrogens with one attached hydrogen (secondary N) is 2. The molecular weight excluding hydrogens is 302 g/mol. The second-order valence-electron chi connectivity index (χ2n) is 5.75. The smallest absolute Gasteiger partial charge is 0.317 e. The zero-order chi connectivity index (χ0) is 16.8. The molecule has 23 heavy (non-hydrogen) atoms. The number of carboxylic acid groups (broad SMARTS) is 1. The number of carboxylic acids is 1. The van der Waals surface area contributed by atoms with Crippen LogP contribution >= 0.6 is 0 Å². The predicted molar refractivity (Wildman–Crippen MR) is 80.9 cm³/mol. The van der Waals surface area contributed by atoms with Crippen LogP contribution in [0, 0.1) is 11.8 Å². The van der Waals surface area contributed by atoms with Crippen LogP contribution in [0.5, 0.6) is 0 Å². The third-order valence-electron chi connectivity index (χ3n) is 3.73. The van der Waals surface area contributed by atoms with Crippen molar-refractivity contribution >= 4 is 17.9 Å². The van der Waals surface area contributed by atoms with Crippen LogP contribution in [0.2, 0.25) is 0 Å². The van der Waals surface area contributed by atoms with Gasteiger partial charge in [0.15, 0.2) is 5.76 Å². The number of rotatable bonds is 5. The van der Waals surface area contributed by atoms with E-state index < -0.39 is 11.9 Å². The summed E-state index contributed by atoms with van der Waals surface area (Å²) in [5.41, 5.74) is 0. The van der Waals surface area contributed by atoms with Gasteiger partial charge in [-0.3, -0.25) is 9.59 Å². The molecule has 126 valence electrons. The monoisotopic (exact) mass is 323 g/mol. The van der Waals surface area contributed by atoms with Gasteiger partial charge >= 0.3 is 12.0 Å². The average molecular weight is 323 g/mol. The summed E-state index contributed by atoms with van der Waals surface area (Å²) in [4.78, 5) is 36.3. The molecule has 2 heterocycles. The van der Waals surface area contributed by atoms with Crippen molar-refractivity contribution in [2.45, 2.75) is 13.3 Å². The van der Waals surface area contributed by atoms with Gasteiger partial charge in [0, 0.05) is 26.2 Å². The van der Waals surface area contributed by atoms with E-state index in [4.69, 9.17) is 9.52 Å². The van der Waals surface area contributed by atoms with E-state index in [1.807, 2.05) is 6.92 Å². The fourth-order valence-electron chi connectivity index (χ4n) is 2.65. The number of likely N-dealkylation sites (tertiary alicyclic amines) is 1. The van der Waals surface area contributed by atoms with Gasteiger partial charge < -0.3 is 25.1 Å². The maximum absolute atomic E-state index is 12.1.